The lowest BCUT2D eigenvalue weighted by Crippen LogP contribution is -2.28. The summed E-state index contributed by atoms with van der Waals surface area (Å²) in [6.07, 6.45) is 0.964. The summed E-state index contributed by atoms with van der Waals surface area (Å²) in [6, 6.07) is 11.9. The largest absolute Gasteiger partial charge is 0.550 e. The zero-order valence-electron chi connectivity index (χ0n) is 14.0. The Morgan fingerprint density at radius 3 is 2.64 bits per heavy atom. The summed E-state index contributed by atoms with van der Waals surface area (Å²) in [7, 11) is 0. The molecule has 0 fully saturated rings. The molecule has 3 rings (SSSR count). The molecule has 0 bridgehead atoms. The Kier molecular flexibility index (Phi) is 5.28. The molecule has 1 aromatic carbocycles. The Morgan fingerprint density at radius 2 is 2.00 bits per heavy atom. The second kappa shape index (κ2) is 7.61. The molecule has 130 valence electrons. The zero-order valence-corrected chi connectivity index (χ0v) is 14.8. The van der Waals surface area contributed by atoms with Gasteiger partial charge in [0.05, 0.1) is 16.6 Å². The summed E-state index contributed by atoms with van der Waals surface area (Å²) in [5.41, 5.74) is 3.09. The zero-order chi connectivity index (χ0) is 17.8. The van der Waals surface area contributed by atoms with Crippen LogP contribution in [-0.2, 0) is 9.59 Å². The van der Waals surface area contributed by atoms with Gasteiger partial charge in [-0.15, -0.1) is 11.3 Å². The van der Waals surface area contributed by atoms with Gasteiger partial charge in [-0.25, -0.2) is 5.01 Å². The summed E-state index contributed by atoms with van der Waals surface area (Å²) < 4.78 is 0. The predicted molar refractivity (Wildman–Crippen MR) is 95.1 cm³/mol. The molecule has 1 amide bonds. The van der Waals surface area contributed by atoms with Gasteiger partial charge in [-0.1, -0.05) is 35.9 Å². The molecule has 0 spiro atoms. The van der Waals surface area contributed by atoms with Crippen molar-refractivity contribution in [1.82, 2.24) is 5.01 Å². The maximum atomic E-state index is 12.6. The van der Waals surface area contributed by atoms with E-state index in [4.69, 9.17) is 0 Å². The fourth-order valence-electron chi connectivity index (χ4n) is 2.88. The first-order valence-corrected chi connectivity index (χ1v) is 9.12. The number of hydrogen-bond donors (Lipinski definition) is 0. The van der Waals surface area contributed by atoms with Gasteiger partial charge >= 0.3 is 0 Å². The molecule has 1 atom stereocenters. The summed E-state index contributed by atoms with van der Waals surface area (Å²) in [5, 5.41) is 18.6. The number of amides is 1. The van der Waals surface area contributed by atoms with E-state index in [0.29, 0.717) is 6.42 Å². The number of hydrazone groups is 1. The fraction of sp³-hybridized carbons (Fsp3) is 0.316. The van der Waals surface area contributed by atoms with Crippen LogP contribution in [0, 0.1) is 6.92 Å². The molecule has 0 unspecified atom stereocenters. The Hall–Kier alpha value is -2.47. The Labute approximate surface area is 150 Å². The van der Waals surface area contributed by atoms with Crippen molar-refractivity contribution in [3.05, 3.63) is 57.8 Å². The van der Waals surface area contributed by atoms with E-state index in [9.17, 15) is 14.7 Å². The number of aryl methyl sites for hydroxylation is 1. The van der Waals surface area contributed by atoms with Crippen molar-refractivity contribution in [2.75, 3.05) is 0 Å². The number of benzene rings is 1. The van der Waals surface area contributed by atoms with Crippen molar-refractivity contribution in [2.24, 2.45) is 5.10 Å². The van der Waals surface area contributed by atoms with Gasteiger partial charge < -0.3 is 9.90 Å². The molecular weight excluding hydrogens is 336 g/mol. The van der Waals surface area contributed by atoms with Crippen LogP contribution in [0.4, 0.5) is 0 Å². The maximum absolute atomic E-state index is 12.6. The van der Waals surface area contributed by atoms with E-state index in [1.165, 1.54) is 5.01 Å². The second-order valence-corrected chi connectivity index (χ2v) is 7.07. The standard InChI is InChI=1S/C19H20N2O3S/c1-13-7-9-14(10-8-13)16-12-15(17-4-3-11-25-17)20-21(16)18(22)5-2-6-19(23)24/h3-4,7-11,16H,2,5-6,12H2,1H3,(H,23,24)/p-1/t16-/m1/s1. The number of carboxylic acid groups (broad SMARTS) is 1. The molecular formula is C19H19N2O3S-. The number of hydrogen-bond acceptors (Lipinski definition) is 5. The van der Waals surface area contributed by atoms with Gasteiger partial charge in [0.1, 0.15) is 0 Å². The molecule has 0 saturated heterocycles. The second-order valence-electron chi connectivity index (χ2n) is 6.12. The third kappa shape index (κ3) is 4.14. The lowest BCUT2D eigenvalue weighted by molar-refractivity contribution is -0.305. The average Bonchev–Trinajstić information content (AvgIpc) is 3.24. The third-order valence-corrected chi connectivity index (χ3v) is 5.12. The topological polar surface area (TPSA) is 72.8 Å². The summed E-state index contributed by atoms with van der Waals surface area (Å²) >= 11 is 1.60. The van der Waals surface area contributed by atoms with E-state index in [1.807, 2.05) is 48.7 Å². The SMILES string of the molecule is Cc1ccc([C@H]2CC(c3cccs3)=NN2C(=O)CCCC(=O)[O-])cc1. The molecule has 0 N–H and O–H groups in total. The van der Waals surface area contributed by atoms with Gasteiger partial charge in [0.2, 0.25) is 5.91 Å². The molecule has 1 aliphatic heterocycles. The van der Waals surface area contributed by atoms with Crippen LogP contribution in [0.1, 0.15) is 47.7 Å². The van der Waals surface area contributed by atoms with Crippen molar-refractivity contribution in [2.45, 2.75) is 38.6 Å². The molecule has 0 aliphatic carbocycles. The minimum absolute atomic E-state index is 0.115. The number of aliphatic carboxylic acids is 1. The Bertz CT molecular complexity index is 782. The van der Waals surface area contributed by atoms with E-state index in [2.05, 4.69) is 5.10 Å². The molecule has 0 radical (unpaired) electrons. The van der Waals surface area contributed by atoms with Crippen molar-refractivity contribution < 1.29 is 14.7 Å². The molecule has 2 aromatic rings. The first-order chi connectivity index (χ1) is 12.0. The highest BCUT2D eigenvalue weighted by molar-refractivity contribution is 7.12. The van der Waals surface area contributed by atoms with Crippen molar-refractivity contribution in [3.63, 3.8) is 0 Å². The highest BCUT2D eigenvalue weighted by Gasteiger charge is 2.32. The van der Waals surface area contributed by atoms with Gasteiger partial charge in [0, 0.05) is 18.8 Å². The van der Waals surface area contributed by atoms with Crippen LogP contribution in [0.3, 0.4) is 0 Å². The smallest absolute Gasteiger partial charge is 0.243 e. The lowest BCUT2D eigenvalue weighted by Gasteiger charge is -2.22. The highest BCUT2D eigenvalue weighted by atomic mass is 32.1. The van der Waals surface area contributed by atoms with E-state index >= 15 is 0 Å². The quantitative estimate of drug-likeness (QED) is 0.800. The van der Waals surface area contributed by atoms with Crippen LogP contribution in [0.5, 0.6) is 0 Å². The number of carbonyl (C=O) groups excluding carboxylic acids is 2. The van der Waals surface area contributed by atoms with E-state index < -0.39 is 5.97 Å². The number of thiophene rings is 1. The van der Waals surface area contributed by atoms with Crippen LogP contribution < -0.4 is 5.11 Å². The molecule has 6 heteroatoms. The molecule has 5 nitrogen and oxygen atoms in total. The van der Waals surface area contributed by atoms with Crippen molar-refractivity contribution in [3.8, 4) is 0 Å². The summed E-state index contributed by atoms with van der Waals surface area (Å²) in [6.45, 7) is 2.02. The minimum atomic E-state index is -1.13. The van der Waals surface area contributed by atoms with Gasteiger partial charge in [-0.05, 0) is 36.8 Å². The van der Waals surface area contributed by atoms with Crippen LogP contribution >= 0.6 is 11.3 Å². The number of rotatable bonds is 6. The van der Waals surface area contributed by atoms with Gasteiger partial charge in [-0.3, -0.25) is 4.79 Å². The summed E-state index contributed by atoms with van der Waals surface area (Å²) in [5.74, 6) is -1.29. The molecule has 1 aromatic heterocycles. The van der Waals surface area contributed by atoms with E-state index in [1.54, 1.807) is 11.3 Å². The van der Waals surface area contributed by atoms with Crippen LogP contribution in [0.25, 0.3) is 0 Å². The average molecular weight is 355 g/mol. The first-order valence-electron chi connectivity index (χ1n) is 8.24. The minimum Gasteiger partial charge on any atom is -0.550 e. The number of carbonyl (C=O) groups is 2. The van der Waals surface area contributed by atoms with Crippen molar-refractivity contribution in [1.29, 1.82) is 0 Å². The van der Waals surface area contributed by atoms with E-state index in [0.717, 1.165) is 21.7 Å². The molecule has 0 saturated carbocycles. The van der Waals surface area contributed by atoms with Gasteiger partial charge in [0.15, 0.2) is 0 Å². The Morgan fingerprint density at radius 1 is 1.24 bits per heavy atom. The predicted octanol–water partition coefficient (Wildman–Crippen LogP) is 2.65. The first kappa shape index (κ1) is 17.4. The van der Waals surface area contributed by atoms with E-state index in [-0.39, 0.29) is 31.2 Å². The fourth-order valence-corrected chi connectivity index (χ4v) is 3.60. The maximum Gasteiger partial charge on any atom is 0.243 e. The number of carboxylic acids is 1. The number of nitrogens with zero attached hydrogens (tertiary/aromatic N) is 2. The third-order valence-electron chi connectivity index (χ3n) is 4.21. The van der Waals surface area contributed by atoms with Crippen LogP contribution in [0.2, 0.25) is 0 Å². The molecule has 25 heavy (non-hydrogen) atoms. The van der Waals surface area contributed by atoms with Crippen LogP contribution in [0.15, 0.2) is 46.9 Å². The van der Waals surface area contributed by atoms with Crippen LogP contribution in [-0.4, -0.2) is 22.6 Å². The monoisotopic (exact) mass is 355 g/mol. The lowest BCUT2D eigenvalue weighted by atomic mass is 10.00. The normalized spacial score (nSPS) is 16.8. The molecule has 2 heterocycles. The van der Waals surface area contributed by atoms with Crippen molar-refractivity contribution >= 4 is 28.9 Å². The Balaban J connectivity index is 1.81. The molecule has 1 aliphatic rings. The van der Waals surface area contributed by atoms with Gasteiger partial charge in [-0.2, -0.15) is 5.10 Å². The highest BCUT2D eigenvalue weighted by Crippen LogP contribution is 2.34. The summed E-state index contributed by atoms with van der Waals surface area (Å²) in [4.78, 5) is 24.2. The van der Waals surface area contributed by atoms with Gasteiger partial charge in [0.25, 0.3) is 0 Å².